The number of aromatic carboxylic acids is 1. The minimum absolute atomic E-state index is 0.0259. The number of fused-ring (bicyclic) bond motifs is 1. The fourth-order valence-electron chi connectivity index (χ4n) is 3.47. The summed E-state index contributed by atoms with van der Waals surface area (Å²) in [5, 5.41) is 9.78. The van der Waals surface area contributed by atoms with Gasteiger partial charge in [-0.1, -0.05) is 30.0 Å². The molecule has 0 bridgehead atoms. The molecular weight excluding hydrogens is 457 g/mol. The molecule has 0 aliphatic rings. The molecule has 2 heterocycles. The van der Waals surface area contributed by atoms with Crippen molar-refractivity contribution in [3.8, 4) is 11.8 Å². The number of sulfonamides is 1. The minimum atomic E-state index is -4.09. The highest BCUT2D eigenvalue weighted by atomic mass is 32.2. The van der Waals surface area contributed by atoms with Crippen LogP contribution in [0.4, 0.5) is 10.1 Å². The number of aryl methyl sites for hydroxylation is 2. The van der Waals surface area contributed by atoms with Gasteiger partial charge >= 0.3 is 5.97 Å². The van der Waals surface area contributed by atoms with Gasteiger partial charge in [0.2, 0.25) is 0 Å². The Hall–Kier alpha value is -4.29. The number of carbonyl (C=O) groups is 1. The number of anilines is 1. The van der Waals surface area contributed by atoms with Crippen LogP contribution in [0.1, 0.15) is 32.7 Å². The van der Waals surface area contributed by atoms with E-state index in [1.165, 1.54) is 24.5 Å². The van der Waals surface area contributed by atoms with E-state index in [0.717, 1.165) is 12.1 Å². The van der Waals surface area contributed by atoms with Crippen molar-refractivity contribution in [2.75, 3.05) is 4.72 Å². The number of carboxylic acids is 1. The van der Waals surface area contributed by atoms with Gasteiger partial charge in [0.25, 0.3) is 10.0 Å². The zero-order valence-electron chi connectivity index (χ0n) is 18.1. The Morgan fingerprint density at radius 2 is 1.82 bits per heavy atom. The van der Waals surface area contributed by atoms with Gasteiger partial charge in [0.15, 0.2) is 5.69 Å². The van der Waals surface area contributed by atoms with Gasteiger partial charge in [0.05, 0.1) is 16.8 Å². The molecule has 0 atom stereocenters. The number of nitrogens with zero attached hydrogens (tertiary/aromatic N) is 2. The standard InChI is InChI=1S/C25H18FN3O4S/c1-15-5-7-18-4-3-11-27-23(18)24(15)34(32,33)29-21-10-9-20(26)13-19(21)8-6-17-12-16(2)22(25(30)31)28-14-17/h3-5,7,9-14,29H,1-2H3,(H,30,31). The van der Waals surface area contributed by atoms with Gasteiger partial charge in [0.1, 0.15) is 10.7 Å². The second-order valence-corrected chi connectivity index (χ2v) is 9.15. The van der Waals surface area contributed by atoms with E-state index >= 15 is 0 Å². The number of hydrogen-bond donors (Lipinski definition) is 2. The van der Waals surface area contributed by atoms with Crippen LogP contribution < -0.4 is 4.72 Å². The molecular formula is C25H18FN3O4S. The average Bonchev–Trinajstić information content (AvgIpc) is 2.78. The van der Waals surface area contributed by atoms with Crippen molar-refractivity contribution in [2.24, 2.45) is 0 Å². The van der Waals surface area contributed by atoms with Crippen molar-refractivity contribution in [3.05, 3.63) is 94.7 Å². The summed E-state index contributed by atoms with van der Waals surface area (Å²) in [6.07, 6.45) is 2.80. The number of hydrogen-bond acceptors (Lipinski definition) is 5. The third-order valence-corrected chi connectivity index (χ3v) is 6.58. The van der Waals surface area contributed by atoms with E-state index in [1.54, 1.807) is 38.1 Å². The zero-order chi connectivity index (χ0) is 24.5. The molecule has 7 nitrogen and oxygen atoms in total. The maximum absolute atomic E-state index is 14.0. The highest BCUT2D eigenvalue weighted by Crippen LogP contribution is 2.28. The predicted molar refractivity (Wildman–Crippen MR) is 126 cm³/mol. The SMILES string of the molecule is Cc1cc(C#Cc2cc(F)ccc2NS(=O)(=O)c2c(C)ccc3cccnc23)cnc1C(=O)O. The van der Waals surface area contributed by atoms with Gasteiger partial charge in [-0.3, -0.25) is 9.71 Å². The molecule has 0 aliphatic carbocycles. The van der Waals surface area contributed by atoms with Crippen LogP contribution in [0.3, 0.4) is 0 Å². The van der Waals surface area contributed by atoms with Crippen LogP contribution in [0.15, 0.2) is 65.8 Å². The molecule has 9 heteroatoms. The minimum Gasteiger partial charge on any atom is -0.477 e. The molecule has 2 aromatic carbocycles. The first-order chi connectivity index (χ1) is 16.2. The first-order valence-electron chi connectivity index (χ1n) is 10.0. The van der Waals surface area contributed by atoms with Gasteiger partial charge < -0.3 is 5.11 Å². The average molecular weight is 476 g/mol. The summed E-state index contributed by atoms with van der Waals surface area (Å²) in [7, 11) is -4.09. The maximum atomic E-state index is 14.0. The second-order valence-electron chi connectivity index (χ2n) is 7.53. The Bertz CT molecular complexity index is 1620. The van der Waals surface area contributed by atoms with E-state index in [1.807, 2.05) is 0 Å². The van der Waals surface area contributed by atoms with Crippen molar-refractivity contribution < 1.29 is 22.7 Å². The molecule has 0 unspecified atom stereocenters. The number of benzene rings is 2. The van der Waals surface area contributed by atoms with Crippen LogP contribution in [0.5, 0.6) is 0 Å². The number of rotatable bonds is 4. The lowest BCUT2D eigenvalue weighted by molar-refractivity contribution is 0.0689. The quantitative estimate of drug-likeness (QED) is 0.427. The van der Waals surface area contributed by atoms with Crippen LogP contribution in [0.25, 0.3) is 10.9 Å². The van der Waals surface area contributed by atoms with Gasteiger partial charge in [-0.05, 0) is 55.3 Å². The molecule has 4 aromatic rings. The highest BCUT2D eigenvalue weighted by Gasteiger charge is 2.22. The molecule has 34 heavy (non-hydrogen) atoms. The second kappa shape index (κ2) is 8.92. The van der Waals surface area contributed by atoms with Crippen LogP contribution >= 0.6 is 0 Å². The molecule has 2 N–H and O–H groups in total. The summed E-state index contributed by atoms with van der Waals surface area (Å²) in [6.45, 7) is 3.26. The van der Waals surface area contributed by atoms with Gasteiger partial charge in [-0.25, -0.2) is 22.6 Å². The first kappa shape index (κ1) is 22.9. The lowest BCUT2D eigenvalue weighted by atomic mass is 10.1. The molecule has 0 saturated heterocycles. The van der Waals surface area contributed by atoms with Gasteiger partial charge in [-0.15, -0.1) is 0 Å². The molecule has 0 aliphatic heterocycles. The first-order valence-corrected chi connectivity index (χ1v) is 11.5. The summed E-state index contributed by atoms with van der Waals surface area (Å²) in [5.41, 5.74) is 1.75. The van der Waals surface area contributed by atoms with Crippen molar-refractivity contribution in [1.29, 1.82) is 0 Å². The van der Waals surface area contributed by atoms with Crippen LogP contribution in [0.2, 0.25) is 0 Å². The number of pyridine rings is 2. The van der Waals surface area contributed by atoms with Gasteiger partial charge in [-0.2, -0.15) is 0 Å². The summed E-state index contributed by atoms with van der Waals surface area (Å²) in [6, 6.07) is 12.0. The predicted octanol–water partition coefficient (Wildman–Crippen LogP) is 4.28. The molecule has 0 spiro atoms. The third kappa shape index (κ3) is 4.58. The molecule has 4 rings (SSSR count). The summed E-state index contributed by atoms with van der Waals surface area (Å²) >= 11 is 0. The van der Waals surface area contributed by atoms with Crippen LogP contribution in [0, 0.1) is 31.5 Å². The number of nitrogens with one attached hydrogen (secondary N) is 1. The third-order valence-electron chi connectivity index (χ3n) is 5.04. The largest absolute Gasteiger partial charge is 0.477 e. The Labute approximate surface area is 195 Å². The maximum Gasteiger partial charge on any atom is 0.354 e. The van der Waals surface area contributed by atoms with Crippen LogP contribution in [-0.2, 0) is 10.0 Å². The molecule has 0 saturated carbocycles. The van der Waals surface area contributed by atoms with Crippen LogP contribution in [-0.4, -0.2) is 29.5 Å². The Kier molecular flexibility index (Phi) is 6.01. The Morgan fingerprint density at radius 1 is 1.03 bits per heavy atom. The van der Waals surface area contributed by atoms with E-state index in [9.17, 15) is 17.6 Å². The lowest BCUT2D eigenvalue weighted by Gasteiger charge is -2.13. The molecule has 0 radical (unpaired) electrons. The molecule has 2 aromatic heterocycles. The molecule has 0 fully saturated rings. The van der Waals surface area contributed by atoms with E-state index in [0.29, 0.717) is 27.6 Å². The van der Waals surface area contributed by atoms with E-state index < -0.39 is 21.8 Å². The topological polar surface area (TPSA) is 109 Å². The normalized spacial score (nSPS) is 11.0. The Balaban J connectivity index is 1.75. The molecule has 170 valence electrons. The fourth-order valence-corrected chi connectivity index (χ4v) is 4.96. The van der Waals surface area contributed by atoms with E-state index in [-0.39, 0.29) is 21.8 Å². The highest BCUT2D eigenvalue weighted by molar-refractivity contribution is 7.93. The van der Waals surface area contributed by atoms with E-state index in [2.05, 4.69) is 26.5 Å². The van der Waals surface area contributed by atoms with Crippen molar-refractivity contribution in [2.45, 2.75) is 18.7 Å². The number of halogens is 1. The van der Waals surface area contributed by atoms with Gasteiger partial charge in [0, 0.05) is 23.3 Å². The Morgan fingerprint density at radius 3 is 2.56 bits per heavy atom. The fraction of sp³-hybridized carbons (Fsp3) is 0.0800. The summed E-state index contributed by atoms with van der Waals surface area (Å²) in [4.78, 5) is 19.3. The zero-order valence-corrected chi connectivity index (χ0v) is 18.9. The summed E-state index contributed by atoms with van der Waals surface area (Å²) < 4.78 is 43.1. The summed E-state index contributed by atoms with van der Waals surface area (Å²) in [5.74, 6) is 3.79. The molecule has 0 amide bonds. The number of carboxylic acid groups (broad SMARTS) is 1. The smallest absolute Gasteiger partial charge is 0.354 e. The van der Waals surface area contributed by atoms with Crippen molar-refractivity contribution in [3.63, 3.8) is 0 Å². The van der Waals surface area contributed by atoms with Crippen molar-refractivity contribution >= 4 is 32.6 Å². The van der Waals surface area contributed by atoms with E-state index in [4.69, 9.17) is 5.11 Å². The lowest BCUT2D eigenvalue weighted by Crippen LogP contribution is -2.16. The number of aromatic nitrogens is 2. The van der Waals surface area contributed by atoms with Crippen molar-refractivity contribution in [1.82, 2.24) is 9.97 Å². The monoisotopic (exact) mass is 475 g/mol.